The van der Waals surface area contributed by atoms with Crippen molar-refractivity contribution in [3.8, 4) is 11.1 Å². The number of imidazole rings is 1. The molecular weight excluding hydrogens is 498 g/mol. The molecule has 0 aliphatic carbocycles. The van der Waals surface area contributed by atoms with Crippen LogP contribution in [0.25, 0.3) is 92.7 Å². The van der Waals surface area contributed by atoms with Crippen molar-refractivity contribution < 1.29 is 0 Å². The van der Waals surface area contributed by atoms with Crippen LogP contribution in [-0.2, 0) is 0 Å². The van der Waals surface area contributed by atoms with E-state index >= 15 is 0 Å². The quantitative estimate of drug-likeness (QED) is 0.202. The molecule has 0 saturated carbocycles. The topological polar surface area (TPSA) is 30.2 Å². The number of fused-ring (bicyclic) bond motifs is 10. The number of pyridine rings is 2. The van der Waals surface area contributed by atoms with E-state index in [1.807, 2.05) is 12.3 Å². The van der Waals surface area contributed by atoms with E-state index in [0.29, 0.717) is 0 Å². The van der Waals surface area contributed by atoms with E-state index < -0.39 is 0 Å². The number of para-hydroxylation sites is 2. The van der Waals surface area contributed by atoms with E-state index in [1.54, 1.807) is 0 Å². The maximum Gasteiger partial charge on any atom is 0.146 e. The van der Waals surface area contributed by atoms with Crippen LogP contribution in [0.5, 0.6) is 0 Å². The molecule has 0 radical (unpaired) electrons. The van der Waals surface area contributed by atoms with Gasteiger partial charge in [0.1, 0.15) is 5.65 Å². The predicted molar refractivity (Wildman–Crippen MR) is 172 cm³/mol. The molecular formula is C38H21N3. The molecule has 3 heterocycles. The monoisotopic (exact) mass is 519 g/mol. The first-order valence-corrected chi connectivity index (χ1v) is 14.0. The molecule has 41 heavy (non-hydrogen) atoms. The zero-order valence-corrected chi connectivity index (χ0v) is 22.0. The van der Waals surface area contributed by atoms with E-state index in [1.165, 1.54) is 48.8 Å². The molecule has 0 fully saturated rings. The van der Waals surface area contributed by atoms with Gasteiger partial charge in [-0.1, -0.05) is 91.0 Å². The highest BCUT2D eigenvalue weighted by Crippen LogP contribution is 2.41. The molecule has 0 N–H and O–H groups in total. The van der Waals surface area contributed by atoms with Gasteiger partial charge in [0.15, 0.2) is 0 Å². The molecule has 3 nitrogen and oxygen atoms in total. The fraction of sp³-hybridized carbons (Fsp3) is 0. The summed E-state index contributed by atoms with van der Waals surface area (Å²) in [5.74, 6) is 0. The normalized spacial score (nSPS) is 12.4. The Morgan fingerprint density at radius 2 is 1.22 bits per heavy atom. The van der Waals surface area contributed by atoms with Crippen LogP contribution in [0.4, 0.5) is 0 Å². The number of nitrogens with zero attached hydrogens (tertiary/aromatic N) is 3. The largest absolute Gasteiger partial charge is 0.292 e. The SMILES string of the molecule is c1cnc2c(c1)ccc1c2c2ccc(-c3ccc4ccc5cccc6ccc3c4c56)cc2n2c3ccccc3nc12. The Hall–Kier alpha value is -5.54. The number of hydrogen-bond donors (Lipinski definition) is 0. The first kappa shape index (κ1) is 21.3. The van der Waals surface area contributed by atoms with Crippen LogP contribution in [0.15, 0.2) is 128 Å². The van der Waals surface area contributed by atoms with Crippen LogP contribution in [0.1, 0.15) is 0 Å². The lowest BCUT2D eigenvalue weighted by Crippen LogP contribution is -1.94. The zero-order valence-electron chi connectivity index (χ0n) is 22.0. The third-order valence-corrected chi connectivity index (χ3v) is 8.92. The highest BCUT2D eigenvalue weighted by Gasteiger charge is 2.18. The average Bonchev–Trinajstić information content (AvgIpc) is 3.43. The second-order valence-electron chi connectivity index (χ2n) is 11.0. The number of benzene rings is 7. The van der Waals surface area contributed by atoms with Gasteiger partial charge in [-0.3, -0.25) is 9.38 Å². The molecule has 10 rings (SSSR count). The summed E-state index contributed by atoms with van der Waals surface area (Å²) in [6.45, 7) is 0. The average molecular weight is 520 g/mol. The Morgan fingerprint density at radius 3 is 2.15 bits per heavy atom. The second kappa shape index (κ2) is 7.56. The third-order valence-electron chi connectivity index (χ3n) is 8.92. The molecule has 0 atom stereocenters. The van der Waals surface area contributed by atoms with Crippen LogP contribution < -0.4 is 0 Å². The van der Waals surface area contributed by atoms with Gasteiger partial charge < -0.3 is 0 Å². The Labute approximate surface area is 234 Å². The van der Waals surface area contributed by atoms with E-state index in [4.69, 9.17) is 9.97 Å². The van der Waals surface area contributed by atoms with Gasteiger partial charge in [0, 0.05) is 27.7 Å². The summed E-state index contributed by atoms with van der Waals surface area (Å²) in [5.41, 5.74) is 7.67. The maximum absolute atomic E-state index is 5.14. The third kappa shape index (κ3) is 2.72. The summed E-state index contributed by atoms with van der Waals surface area (Å²) in [4.78, 5) is 9.99. The van der Waals surface area contributed by atoms with Crippen molar-refractivity contribution in [1.29, 1.82) is 0 Å². The van der Waals surface area contributed by atoms with Gasteiger partial charge in [-0.15, -0.1) is 0 Å². The van der Waals surface area contributed by atoms with Gasteiger partial charge in [0.25, 0.3) is 0 Å². The van der Waals surface area contributed by atoms with Gasteiger partial charge in [-0.25, -0.2) is 4.98 Å². The first-order chi connectivity index (χ1) is 20.3. The number of aromatic nitrogens is 3. The Kier molecular flexibility index (Phi) is 3.93. The molecule has 0 saturated heterocycles. The van der Waals surface area contributed by atoms with Crippen molar-refractivity contribution >= 4 is 81.6 Å². The van der Waals surface area contributed by atoms with E-state index in [0.717, 1.165) is 43.9 Å². The Morgan fingerprint density at radius 1 is 0.488 bits per heavy atom. The van der Waals surface area contributed by atoms with Crippen LogP contribution in [0, 0.1) is 0 Å². The molecule has 3 aromatic heterocycles. The molecule has 0 spiro atoms. The number of hydrogen-bond acceptors (Lipinski definition) is 2. The van der Waals surface area contributed by atoms with Gasteiger partial charge in [-0.05, 0) is 73.8 Å². The van der Waals surface area contributed by atoms with Gasteiger partial charge in [0.05, 0.1) is 22.1 Å². The molecule has 0 amide bonds. The molecule has 0 bridgehead atoms. The minimum absolute atomic E-state index is 0.966. The Bertz CT molecular complexity index is 2680. The fourth-order valence-electron chi connectivity index (χ4n) is 7.14. The van der Waals surface area contributed by atoms with Gasteiger partial charge in [-0.2, -0.15) is 0 Å². The second-order valence-corrected chi connectivity index (χ2v) is 11.0. The van der Waals surface area contributed by atoms with Crippen LogP contribution in [0.3, 0.4) is 0 Å². The molecule has 0 aliphatic rings. The fourth-order valence-corrected chi connectivity index (χ4v) is 7.14. The van der Waals surface area contributed by atoms with E-state index in [-0.39, 0.29) is 0 Å². The van der Waals surface area contributed by atoms with Crippen molar-refractivity contribution in [2.75, 3.05) is 0 Å². The summed E-state index contributed by atoms with van der Waals surface area (Å²) in [5, 5.41) is 12.4. The first-order valence-electron chi connectivity index (χ1n) is 14.0. The highest BCUT2D eigenvalue weighted by molar-refractivity contribution is 6.26. The van der Waals surface area contributed by atoms with Crippen molar-refractivity contribution in [3.63, 3.8) is 0 Å². The van der Waals surface area contributed by atoms with Crippen molar-refractivity contribution in [2.24, 2.45) is 0 Å². The minimum Gasteiger partial charge on any atom is -0.292 e. The summed E-state index contributed by atoms with van der Waals surface area (Å²) in [6.07, 6.45) is 1.89. The summed E-state index contributed by atoms with van der Waals surface area (Å²) < 4.78 is 2.33. The number of rotatable bonds is 1. The lowest BCUT2D eigenvalue weighted by atomic mass is 9.89. The zero-order chi connectivity index (χ0) is 26.7. The molecule has 10 aromatic rings. The lowest BCUT2D eigenvalue weighted by molar-refractivity contribution is 1.31. The van der Waals surface area contributed by atoms with Gasteiger partial charge >= 0.3 is 0 Å². The molecule has 0 unspecified atom stereocenters. The maximum atomic E-state index is 5.14. The summed E-state index contributed by atoms with van der Waals surface area (Å²) in [6, 6.07) is 44.0. The smallest absolute Gasteiger partial charge is 0.146 e. The van der Waals surface area contributed by atoms with Gasteiger partial charge in [0.2, 0.25) is 0 Å². The Balaban J connectivity index is 1.38. The van der Waals surface area contributed by atoms with Crippen LogP contribution >= 0.6 is 0 Å². The van der Waals surface area contributed by atoms with Crippen LogP contribution in [0.2, 0.25) is 0 Å². The van der Waals surface area contributed by atoms with Crippen molar-refractivity contribution in [2.45, 2.75) is 0 Å². The minimum atomic E-state index is 0.966. The standard InChI is InChI=1S/C38H21N3/c1-2-9-32-31(8-1)40-38-30-19-14-25-7-4-20-39-37(25)36(30)29-18-15-26(21-33(29)41(32)38)27-16-12-24-11-10-22-5-3-6-23-13-17-28(27)35(24)34(22)23/h1-21H. The van der Waals surface area contributed by atoms with Crippen LogP contribution in [-0.4, -0.2) is 14.4 Å². The summed E-state index contributed by atoms with van der Waals surface area (Å²) >= 11 is 0. The van der Waals surface area contributed by atoms with E-state index in [9.17, 15) is 0 Å². The molecule has 7 aromatic carbocycles. The summed E-state index contributed by atoms with van der Waals surface area (Å²) in [7, 11) is 0. The van der Waals surface area contributed by atoms with E-state index in [2.05, 4.69) is 120 Å². The molecule has 3 heteroatoms. The molecule has 0 aliphatic heterocycles. The van der Waals surface area contributed by atoms with Crippen molar-refractivity contribution in [1.82, 2.24) is 14.4 Å². The molecule has 188 valence electrons. The predicted octanol–water partition coefficient (Wildman–Crippen LogP) is 9.91. The van der Waals surface area contributed by atoms with Crippen molar-refractivity contribution in [3.05, 3.63) is 128 Å². The highest BCUT2D eigenvalue weighted by atomic mass is 15.0. The lowest BCUT2D eigenvalue weighted by Gasteiger charge is -2.16.